The molecule has 7 nitrogen and oxygen atoms in total. The summed E-state index contributed by atoms with van der Waals surface area (Å²) in [4.78, 5) is 34.2. The fraction of sp³-hybridized carbons (Fsp3) is 0.275. The van der Waals surface area contributed by atoms with Gasteiger partial charge in [-0.15, -0.1) is 23.1 Å². The number of thioether (sulfide) groups is 1. The van der Waals surface area contributed by atoms with Crippen molar-refractivity contribution in [3.63, 3.8) is 0 Å². The number of carbonyl (C=O) groups excluding carboxylic acids is 2. The summed E-state index contributed by atoms with van der Waals surface area (Å²) in [6, 6.07) is 33.4. The molecule has 0 saturated carbocycles. The molecule has 3 atom stereocenters. The largest absolute Gasteiger partial charge is 0.391 e. The second-order valence-electron chi connectivity index (χ2n) is 13.2. The van der Waals surface area contributed by atoms with E-state index in [1.807, 2.05) is 75.4 Å². The number of halogens is 1. The van der Waals surface area contributed by atoms with E-state index in [1.54, 1.807) is 29.4 Å². The minimum Gasteiger partial charge on any atom is -0.391 e. The highest BCUT2D eigenvalue weighted by Gasteiger charge is 2.49. The van der Waals surface area contributed by atoms with Crippen LogP contribution in [0.3, 0.4) is 0 Å². The van der Waals surface area contributed by atoms with E-state index < -0.39 is 45.3 Å². The molecule has 0 unspecified atom stereocenters. The lowest BCUT2D eigenvalue weighted by Gasteiger charge is -2.44. The Kier molecular flexibility index (Phi) is 10.5. The van der Waals surface area contributed by atoms with E-state index in [4.69, 9.17) is 5.73 Å². The molecular weight excluding hydrogens is 668 g/mol. The molecule has 1 saturated heterocycles. The average Bonchev–Trinajstić information content (AvgIpc) is 3.75. The second kappa shape index (κ2) is 14.9. The van der Waals surface area contributed by atoms with Crippen molar-refractivity contribution in [1.82, 2.24) is 15.2 Å². The number of nitrogens with one attached hydrogen (secondary N) is 1. The lowest BCUT2D eigenvalue weighted by molar-refractivity contribution is -0.140. The van der Waals surface area contributed by atoms with Crippen LogP contribution in [-0.2, 0) is 20.9 Å². The fourth-order valence-electron chi connectivity index (χ4n) is 6.66. The molecule has 4 aromatic carbocycles. The number of aliphatic hydroxyl groups is 1. The molecule has 0 bridgehead atoms. The molecule has 1 fully saturated rings. The first-order chi connectivity index (χ1) is 24.0. The molecule has 6 rings (SSSR count). The maximum atomic E-state index is 15.0. The highest BCUT2D eigenvalue weighted by molar-refractivity contribution is 8.02. The summed E-state index contributed by atoms with van der Waals surface area (Å²) >= 11 is 2.97. The molecular formula is C40H41FN4O3S2. The zero-order valence-electron chi connectivity index (χ0n) is 28.3. The number of β-amino-alcohol motifs (C(OH)–C–C–N with tert-alkyl or cyclic N) is 1. The Morgan fingerprint density at radius 3 is 2.04 bits per heavy atom. The van der Waals surface area contributed by atoms with Crippen molar-refractivity contribution in [2.24, 2.45) is 5.73 Å². The smallest absolute Gasteiger partial charge is 0.243 e. The van der Waals surface area contributed by atoms with Crippen molar-refractivity contribution in [1.29, 1.82) is 0 Å². The number of aliphatic hydroxyl groups excluding tert-OH is 1. The first-order valence-electron chi connectivity index (χ1n) is 16.6. The number of thiazole rings is 1. The van der Waals surface area contributed by atoms with E-state index in [0.717, 1.165) is 27.3 Å². The molecule has 0 spiro atoms. The van der Waals surface area contributed by atoms with Gasteiger partial charge in [-0.05, 0) is 49.1 Å². The third-order valence-electron chi connectivity index (χ3n) is 9.33. The van der Waals surface area contributed by atoms with Gasteiger partial charge in [0.1, 0.15) is 11.9 Å². The van der Waals surface area contributed by atoms with Gasteiger partial charge < -0.3 is 21.1 Å². The number of nitrogens with zero attached hydrogens (tertiary/aromatic N) is 2. The number of nitrogens with two attached hydrogens (primary N) is 1. The van der Waals surface area contributed by atoms with Crippen molar-refractivity contribution in [2.45, 2.75) is 61.4 Å². The maximum Gasteiger partial charge on any atom is 0.243 e. The topological polar surface area (TPSA) is 109 Å². The molecule has 258 valence electrons. The summed E-state index contributed by atoms with van der Waals surface area (Å²) in [5.41, 5.74) is 13.5. The van der Waals surface area contributed by atoms with Crippen LogP contribution in [0.4, 0.5) is 4.39 Å². The zero-order chi connectivity index (χ0) is 35.5. The van der Waals surface area contributed by atoms with Crippen LogP contribution in [0, 0.1) is 12.7 Å². The predicted molar refractivity (Wildman–Crippen MR) is 199 cm³/mol. The molecule has 5 aromatic rings. The fourth-order valence-corrected chi connectivity index (χ4v) is 9.27. The van der Waals surface area contributed by atoms with Gasteiger partial charge in [0.2, 0.25) is 11.8 Å². The van der Waals surface area contributed by atoms with E-state index in [1.165, 1.54) is 22.3 Å². The van der Waals surface area contributed by atoms with Crippen LogP contribution < -0.4 is 11.1 Å². The average molecular weight is 709 g/mol. The SMILES string of the molecule is Cc1ncsc1-c1ccc(CNC(=O)[C@@H]2C[C@@H](O)CN2C(=O)[C@@H](N)C(C)(C)SC(c2ccccc2)(c2ccccc2)c2ccccc2)cc1F. The van der Waals surface area contributed by atoms with E-state index in [2.05, 4.69) is 46.7 Å². The van der Waals surface area contributed by atoms with Gasteiger partial charge in [0.05, 0.1) is 33.0 Å². The van der Waals surface area contributed by atoms with Crippen LogP contribution in [0.15, 0.2) is 115 Å². The van der Waals surface area contributed by atoms with Gasteiger partial charge in [-0.25, -0.2) is 9.37 Å². The summed E-state index contributed by atoms with van der Waals surface area (Å²) in [6.45, 7) is 5.80. The Morgan fingerprint density at radius 2 is 1.54 bits per heavy atom. The third kappa shape index (κ3) is 7.11. The normalized spacial score (nSPS) is 17.0. The monoisotopic (exact) mass is 708 g/mol. The molecule has 0 aliphatic carbocycles. The van der Waals surface area contributed by atoms with E-state index in [0.29, 0.717) is 11.1 Å². The second-order valence-corrected chi connectivity index (χ2v) is 15.9. The Morgan fingerprint density at radius 1 is 0.980 bits per heavy atom. The summed E-state index contributed by atoms with van der Waals surface area (Å²) in [5.74, 6) is -1.25. The molecule has 1 aliphatic rings. The third-order valence-corrected chi connectivity index (χ3v) is 12.1. The van der Waals surface area contributed by atoms with Gasteiger partial charge >= 0.3 is 0 Å². The number of amides is 2. The zero-order valence-corrected chi connectivity index (χ0v) is 29.9. The lowest BCUT2D eigenvalue weighted by atomic mass is 9.84. The highest BCUT2D eigenvalue weighted by atomic mass is 32.2. The number of hydrogen-bond acceptors (Lipinski definition) is 7. The van der Waals surface area contributed by atoms with Crippen LogP contribution in [-0.4, -0.2) is 56.3 Å². The molecule has 50 heavy (non-hydrogen) atoms. The number of aryl methyl sites for hydroxylation is 1. The Bertz CT molecular complexity index is 1840. The van der Waals surface area contributed by atoms with Gasteiger partial charge in [-0.2, -0.15) is 0 Å². The van der Waals surface area contributed by atoms with E-state index in [-0.39, 0.29) is 19.5 Å². The number of aromatic nitrogens is 1. The number of hydrogen-bond donors (Lipinski definition) is 3. The highest BCUT2D eigenvalue weighted by Crippen LogP contribution is 2.54. The van der Waals surface area contributed by atoms with Gasteiger partial charge in [0.15, 0.2) is 0 Å². The van der Waals surface area contributed by atoms with Crippen LogP contribution in [0.25, 0.3) is 10.4 Å². The van der Waals surface area contributed by atoms with Crippen molar-refractivity contribution in [3.8, 4) is 10.4 Å². The van der Waals surface area contributed by atoms with Crippen molar-refractivity contribution in [3.05, 3.63) is 148 Å². The molecule has 2 amide bonds. The van der Waals surface area contributed by atoms with E-state index >= 15 is 4.39 Å². The molecule has 2 heterocycles. The predicted octanol–water partition coefficient (Wildman–Crippen LogP) is 6.67. The minimum atomic E-state index is -1.03. The summed E-state index contributed by atoms with van der Waals surface area (Å²) in [6.07, 6.45) is -0.799. The van der Waals surface area contributed by atoms with Gasteiger partial charge in [-0.3, -0.25) is 9.59 Å². The first kappa shape index (κ1) is 35.5. The van der Waals surface area contributed by atoms with Gasteiger partial charge in [-0.1, -0.05) is 103 Å². The Hall–Kier alpha value is -4.35. The number of likely N-dealkylation sites (tertiary alicyclic amines) is 1. The molecule has 1 aromatic heterocycles. The van der Waals surface area contributed by atoms with Crippen molar-refractivity contribution >= 4 is 34.9 Å². The molecule has 10 heteroatoms. The summed E-state index contributed by atoms with van der Waals surface area (Å²) in [7, 11) is 0. The minimum absolute atomic E-state index is 0.00983. The Balaban J connectivity index is 1.23. The van der Waals surface area contributed by atoms with Crippen LogP contribution in [0.1, 0.15) is 48.2 Å². The van der Waals surface area contributed by atoms with E-state index in [9.17, 15) is 14.7 Å². The Labute approximate surface area is 300 Å². The standard InChI is InChI=1S/C40H41FN4O3S2/c1-26-35(49-25-44-26)32-20-19-27(21-33(32)41)23-43-37(47)34-22-31(46)24-45(34)38(48)36(42)39(2,3)50-40(28-13-7-4-8-14-28,29-15-9-5-10-16-29)30-17-11-6-12-18-30/h4-21,25,31,34,36,46H,22-24,42H2,1-3H3,(H,43,47)/t31-,34+,36-/m1/s1. The number of benzene rings is 4. The maximum absolute atomic E-state index is 15.0. The summed E-state index contributed by atoms with van der Waals surface area (Å²) in [5, 5.41) is 13.5. The van der Waals surface area contributed by atoms with Crippen molar-refractivity contribution < 1.29 is 19.1 Å². The number of rotatable bonds is 11. The van der Waals surface area contributed by atoms with Crippen LogP contribution >= 0.6 is 23.1 Å². The molecule has 4 N–H and O–H groups in total. The number of carbonyl (C=O) groups is 2. The first-order valence-corrected chi connectivity index (χ1v) is 18.3. The molecule has 1 aliphatic heterocycles. The summed E-state index contributed by atoms with van der Waals surface area (Å²) < 4.78 is 13.5. The van der Waals surface area contributed by atoms with Crippen molar-refractivity contribution in [2.75, 3.05) is 6.54 Å². The molecule has 0 radical (unpaired) electrons. The quantitative estimate of drug-likeness (QED) is 0.132. The van der Waals surface area contributed by atoms with Gasteiger partial charge in [0, 0.05) is 29.8 Å². The van der Waals surface area contributed by atoms with Gasteiger partial charge in [0.25, 0.3) is 0 Å². The lowest BCUT2D eigenvalue weighted by Crippen LogP contribution is -2.57. The van der Waals surface area contributed by atoms with Crippen LogP contribution in [0.2, 0.25) is 0 Å². The van der Waals surface area contributed by atoms with Crippen LogP contribution in [0.5, 0.6) is 0 Å².